The number of hydrogen-bond donors (Lipinski definition) is 7. The maximum atomic E-state index is 12.0. The summed E-state index contributed by atoms with van der Waals surface area (Å²) in [5.41, 5.74) is 2.33. The van der Waals surface area contributed by atoms with Gasteiger partial charge in [0.15, 0.2) is 0 Å². The summed E-state index contributed by atoms with van der Waals surface area (Å²) in [6.45, 7) is -0.913. The fraction of sp³-hybridized carbons (Fsp3) is 0.583. The SMILES string of the molecule is [2H]N[C@@H](Cc1cnc[nH]1)C(=O)C(=O)[C@@H](O)[C@@H](O)[C@H](O)[C@H](O)CO. The Morgan fingerprint density at radius 3 is 2.45 bits per heavy atom. The number of carbonyl (C=O) groups is 2. The summed E-state index contributed by atoms with van der Waals surface area (Å²) in [6, 6.07) is -1.30. The van der Waals surface area contributed by atoms with Gasteiger partial charge < -0.3 is 36.2 Å². The van der Waals surface area contributed by atoms with E-state index in [-0.39, 0.29) is 6.42 Å². The van der Waals surface area contributed by atoms with Gasteiger partial charge in [-0.05, 0) is 0 Å². The Labute approximate surface area is 126 Å². The molecule has 0 saturated heterocycles. The van der Waals surface area contributed by atoms with E-state index in [0.29, 0.717) is 5.69 Å². The highest BCUT2D eigenvalue weighted by atomic mass is 16.4. The minimum Gasteiger partial charge on any atom is -0.394 e. The second-order valence-corrected chi connectivity index (χ2v) is 4.74. The van der Waals surface area contributed by atoms with E-state index in [9.17, 15) is 30.0 Å². The molecule has 0 aliphatic rings. The zero-order chi connectivity index (χ0) is 17.6. The van der Waals surface area contributed by atoms with Crippen molar-refractivity contribution in [1.29, 1.82) is 0 Å². The molecule has 0 spiro atoms. The van der Waals surface area contributed by atoms with Crippen LogP contribution >= 0.6 is 0 Å². The van der Waals surface area contributed by atoms with Crippen molar-refractivity contribution in [3.8, 4) is 0 Å². The lowest BCUT2D eigenvalue weighted by Crippen LogP contribution is -2.52. The Kier molecular flexibility index (Phi) is 6.12. The first kappa shape index (κ1) is 16.7. The maximum Gasteiger partial charge on any atom is 0.231 e. The lowest BCUT2D eigenvalue weighted by Gasteiger charge is -2.24. The van der Waals surface area contributed by atoms with Crippen molar-refractivity contribution in [3.05, 3.63) is 18.2 Å². The van der Waals surface area contributed by atoms with Gasteiger partial charge in [-0.25, -0.2) is 4.98 Å². The van der Waals surface area contributed by atoms with Crippen LogP contribution in [0.15, 0.2) is 12.5 Å². The fourth-order valence-corrected chi connectivity index (χ4v) is 1.70. The van der Waals surface area contributed by atoms with E-state index >= 15 is 0 Å². The highest BCUT2D eigenvalue weighted by molar-refractivity contribution is 6.40. The number of hydrogen-bond acceptors (Lipinski definition) is 9. The molecule has 0 saturated carbocycles. The molecule has 0 aliphatic heterocycles. The average Bonchev–Trinajstić information content (AvgIpc) is 3.08. The molecular weight excluding hydrogens is 298 g/mol. The number of H-pyrrole nitrogens is 1. The number of aromatic amines is 1. The molecule has 5 atom stereocenters. The summed E-state index contributed by atoms with van der Waals surface area (Å²) < 4.78 is 7.09. The van der Waals surface area contributed by atoms with Crippen LogP contribution in [0, 0.1) is 0 Å². The predicted molar refractivity (Wildman–Crippen MR) is 71.4 cm³/mol. The molecule has 1 heterocycles. The van der Waals surface area contributed by atoms with Gasteiger partial charge in [0, 0.05) is 18.3 Å². The zero-order valence-electron chi connectivity index (χ0n) is 12.5. The number of carbonyl (C=O) groups excluding carboxylic acids is 2. The van der Waals surface area contributed by atoms with Crippen LogP contribution in [0.5, 0.6) is 0 Å². The van der Waals surface area contributed by atoms with Gasteiger partial charge >= 0.3 is 0 Å². The van der Waals surface area contributed by atoms with Crippen molar-refractivity contribution in [3.63, 3.8) is 0 Å². The van der Waals surface area contributed by atoms with E-state index < -0.39 is 48.6 Å². The average molecular weight is 318 g/mol. The second-order valence-electron chi connectivity index (χ2n) is 4.74. The summed E-state index contributed by atoms with van der Waals surface area (Å²) in [4.78, 5) is 30.2. The monoisotopic (exact) mass is 318 g/mol. The standard InChI is InChI=1S/C12H19N3O7/c13-6(1-5-2-14-4-15-5)8(18)10(20)12(22)11(21)9(19)7(17)3-16/h2,4,6-7,9,11-12,16-17,19,21-22H,1,3,13H2,(H,14,15)/t6-,7+,9+,11-,12+/m0/s1/i/hD. The van der Waals surface area contributed by atoms with Crippen molar-refractivity contribution in [2.24, 2.45) is 5.73 Å². The number of ketones is 2. The van der Waals surface area contributed by atoms with Crippen LogP contribution in [-0.4, -0.2) is 84.1 Å². The van der Waals surface area contributed by atoms with Gasteiger partial charge in [-0.1, -0.05) is 0 Å². The lowest BCUT2D eigenvalue weighted by atomic mass is 9.95. The van der Waals surface area contributed by atoms with Crippen LogP contribution in [0.2, 0.25) is 1.41 Å². The number of nitrogens with two attached hydrogens (primary N) is 1. The van der Waals surface area contributed by atoms with Crippen molar-refractivity contribution < 1.29 is 36.5 Å². The molecule has 124 valence electrons. The molecule has 1 rings (SSSR count). The number of aliphatic hydroxyl groups excluding tert-OH is 5. The Morgan fingerprint density at radius 2 is 1.95 bits per heavy atom. The van der Waals surface area contributed by atoms with E-state index in [2.05, 4.69) is 9.97 Å². The molecule has 0 amide bonds. The predicted octanol–water partition coefficient (Wildman–Crippen LogP) is -4.15. The summed E-state index contributed by atoms with van der Waals surface area (Å²) in [5.74, 6) is -2.63. The third-order valence-corrected chi connectivity index (χ3v) is 3.06. The van der Waals surface area contributed by atoms with Gasteiger partial charge in [-0.3, -0.25) is 9.59 Å². The lowest BCUT2D eigenvalue weighted by molar-refractivity contribution is -0.154. The van der Waals surface area contributed by atoms with Gasteiger partial charge in [0.1, 0.15) is 25.8 Å². The summed E-state index contributed by atoms with van der Waals surface area (Å²) in [5, 5.41) is 46.5. The first-order valence-corrected chi connectivity index (χ1v) is 6.39. The number of aliphatic hydroxyl groups is 5. The van der Waals surface area contributed by atoms with Crippen LogP contribution in [0.4, 0.5) is 0 Å². The molecule has 0 bridgehead atoms. The normalized spacial score (nSPS) is 18.9. The fourth-order valence-electron chi connectivity index (χ4n) is 1.70. The van der Waals surface area contributed by atoms with E-state index in [0.717, 1.165) is 0 Å². The van der Waals surface area contributed by atoms with Crippen LogP contribution in [-0.2, 0) is 16.0 Å². The van der Waals surface area contributed by atoms with Crippen molar-refractivity contribution in [2.75, 3.05) is 6.61 Å². The van der Waals surface area contributed by atoms with Crippen LogP contribution in [0.25, 0.3) is 0 Å². The maximum absolute atomic E-state index is 12.0. The number of Topliss-reactive ketones (excluding diaryl/α,β-unsaturated/α-hetero) is 2. The number of nitrogens with zero attached hydrogens (tertiary/aromatic N) is 1. The molecule has 0 unspecified atom stereocenters. The number of aromatic nitrogens is 2. The van der Waals surface area contributed by atoms with Crippen molar-refractivity contribution in [1.82, 2.24) is 9.97 Å². The van der Waals surface area contributed by atoms with Gasteiger partial charge in [0.2, 0.25) is 11.6 Å². The Morgan fingerprint density at radius 1 is 1.27 bits per heavy atom. The molecule has 10 heteroatoms. The molecule has 1 aromatic rings. The van der Waals surface area contributed by atoms with Crippen LogP contribution < -0.4 is 5.73 Å². The number of nitrogens with one attached hydrogen (secondary N) is 1. The molecule has 0 radical (unpaired) electrons. The first-order chi connectivity index (χ1) is 10.8. The zero-order valence-corrected chi connectivity index (χ0v) is 11.5. The Bertz CT molecular complexity index is 513. The number of rotatable bonds is 10. The highest BCUT2D eigenvalue weighted by Gasteiger charge is 2.38. The van der Waals surface area contributed by atoms with Gasteiger partial charge in [0.25, 0.3) is 0 Å². The van der Waals surface area contributed by atoms with E-state index in [1.807, 2.05) is 5.73 Å². The summed E-state index contributed by atoms with van der Waals surface area (Å²) in [6.07, 6.45) is -5.66. The quantitative estimate of drug-likeness (QED) is 0.210. The van der Waals surface area contributed by atoms with E-state index in [1.54, 1.807) is 0 Å². The molecule has 10 nitrogen and oxygen atoms in total. The summed E-state index contributed by atoms with van der Waals surface area (Å²) in [7, 11) is 0. The smallest absolute Gasteiger partial charge is 0.231 e. The van der Waals surface area contributed by atoms with Crippen LogP contribution in [0.1, 0.15) is 5.69 Å². The second kappa shape index (κ2) is 8.08. The van der Waals surface area contributed by atoms with Crippen molar-refractivity contribution in [2.45, 2.75) is 36.9 Å². The highest BCUT2D eigenvalue weighted by Crippen LogP contribution is 2.08. The van der Waals surface area contributed by atoms with Gasteiger partial charge in [0.05, 0.1) is 19.0 Å². The largest absolute Gasteiger partial charge is 0.394 e. The molecule has 1 aromatic heterocycles. The van der Waals surface area contributed by atoms with Crippen molar-refractivity contribution >= 4 is 11.6 Å². The Balaban J connectivity index is 2.74. The molecule has 8 N–H and O–H groups in total. The molecule has 0 aliphatic carbocycles. The topological polar surface area (TPSA) is 190 Å². The third-order valence-electron chi connectivity index (χ3n) is 3.06. The Hall–Kier alpha value is -1.69. The minimum absolute atomic E-state index is 0.0846. The molecule has 0 aromatic carbocycles. The number of imidazole rings is 1. The molecule has 0 fully saturated rings. The molecule has 22 heavy (non-hydrogen) atoms. The minimum atomic E-state index is -2.31. The van der Waals surface area contributed by atoms with E-state index in [4.69, 9.17) is 6.52 Å². The van der Waals surface area contributed by atoms with Crippen LogP contribution in [0.3, 0.4) is 0 Å². The molecular formula is C12H19N3O7. The first-order valence-electron chi connectivity index (χ1n) is 6.89. The third kappa shape index (κ3) is 4.40. The summed E-state index contributed by atoms with van der Waals surface area (Å²) >= 11 is 0. The van der Waals surface area contributed by atoms with Gasteiger partial charge in [-0.2, -0.15) is 0 Å². The van der Waals surface area contributed by atoms with Gasteiger partial charge in [-0.15, -0.1) is 0 Å². The van der Waals surface area contributed by atoms with E-state index in [1.165, 1.54) is 12.5 Å².